The molecule has 0 unspecified atom stereocenters. The van der Waals surface area contributed by atoms with Gasteiger partial charge in [0.1, 0.15) is 11.5 Å². The van der Waals surface area contributed by atoms with Crippen molar-refractivity contribution in [3.8, 4) is 11.5 Å². The van der Waals surface area contributed by atoms with Gasteiger partial charge < -0.3 is 20.3 Å². The fraction of sp³-hybridized carbons (Fsp3) is 0.240. The number of benzene rings is 3. The van der Waals surface area contributed by atoms with Gasteiger partial charge in [-0.3, -0.25) is 0 Å². The van der Waals surface area contributed by atoms with Crippen molar-refractivity contribution in [3.63, 3.8) is 0 Å². The van der Waals surface area contributed by atoms with Crippen molar-refractivity contribution in [1.29, 1.82) is 0 Å². The number of carboxylic acid groups (broad SMARTS) is 1. The largest absolute Gasteiger partial charge is 0.478 e. The van der Waals surface area contributed by atoms with E-state index in [1.165, 1.54) is 23.3 Å². The van der Waals surface area contributed by atoms with Crippen molar-refractivity contribution in [2.45, 2.75) is 31.4 Å². The van der Waals surface area contributed by atoms with E-state index >= 15 is 0 Å². The Labute approximate surface area is 186 Å². The number of aromatic carboxylic acids is 1. The average molecular weight is 438 g/mol. The van der Waals surface area contributed by atoms with E-state index in [2.05, 4.69) is 11.4 Å². The first kappa shape index (κ1) is 21.4. The smallest absolute Gasteiger partial charge is 0.335 e. The molecule has 4 rings (SSSR count). The van der Waals surface area contributed by atoms with Crippen LogP contribution in [-0.2, 0) is 12.8 Å². The number of carbonyl (C=O) groups is 1. The molecular formula is C25H24ClNO4. The molecule has 3 aromatic rings. The lowest BCUT2D eigenvalue weighted by Gasteiger charge is -2.27. The van der Waals surface area contributed by atoms with Gasteiger partial charge in [-0.15, -0.1) is 0 Å². The maximum Gasteiger partial charge on any atom is 0.335 e. The number of rotatable bonds is 7. The quantitative estimate of drug-likeness (QED) is 0.484. The molecule has 0 aliphatic heterocycles. The Balaban J connectivity index is 1.37. The Bertz CT molecular complexity index is 1070. The van der Waals surface area contributed by atoms with Crippen LogP contribution in [0.5, 0.6) is 11.5 Å². The molecule has 0 fully saturated rings. The molecule has 0 amide bonds. The number of hydrogen-bond donors (Lipinski definition) is 3. The second kappa shape index (κ2) is 9.52. The summed E-state index contributed by atoms with van der Waals surface area (Å²) in [6.07, 6.45) is 2.22. The van der Waals surface area contributed by atoms with Gasteiger partial charge in [0, 0.05) is 17.6 Å². The third-order valence-corrected chi connectivity index (χ3v) is 5.81. The molecule has 1 aliphatic carbocycles. The van der Waals surface area contributed by atoms with E-state index in [0.717, 1.165) is 30.6 Å². The van der Waals surface area contributed by atoms with Crippen molar-refractivity contribution >= 4 is 17.6 Å². The van der Waals surface area contributed by atoms with Crippen molar-refractivity contribution in [3.05, 3.63) is 94.0 Å². The summed E-state index contributed by atoms with van der Waals surface area (Å²) in [6.45, 7) is 0.465. The van der Waals surface area contributed by atoms with Gasteiger partial charge in [0.2, 0.25) is 0 Å². The van der Waals surface area contributed by atoms with Crippen molar-refractivity contribution in [2.24, 2.45) is 0 Å². The van der Waals surface area contributed by atoms with Gasteiger partial charge in [0.05, 0.1) is 11.7 Å². The van der Waals surface area contributed by atoms with Crippen LogP contribution in [0.4, 0.5) is 0 Å². The SMILES string of the molecule is O=C(O)c1ccc(Oc2ccc3c(c2)C[C@@H](NC[C@@H](O)c2cccc(Cl)c2)CC3)cc1. The summed E-state index contributed by atoms with van der Waals surface area (Å²) >= 11 is 6.02. The Morgan fingerprint density at radius 3 is 2.58 bits per heavy atom. The fourth-order valence-corrected chi connectivity index (χ4v) is 4.08. The van der Waals surface area contributed by atoms with Gasteiger partial charge in [-0.2, -0.15) is 0 Å². The van der Waals surface area contributed by atoms with Gasteiger partial charge in [-0.05, 0) is 84.5 Å². The molecule has 5 nitrogen and oxygen atoms in total. The molecule has 0 saturated heterocycles. The summed E-state index contributed by atoms with van der Waals surface area (Å²) in [7, 11) is 0. The van der Waals surface area contributed by atoms with E-state index in [9.17, 15) is 9.90 Å². The first-order valence-electron chi connectivity index (χ1n) is 10.3. The molecule has 0 bridgehead atoms. The highest BCUT2D eigenvalue weighted by molar-refractivity contribution is 6.30. The van der Waals surface area contributed by atoms with Crippen LogP contribution in [0.1, 0.15) is 39.6 Å². The molecule has 0 heterocycles. The van der Waals surface area contributed by atoms with E-state index in [0.29, 0.717) is 17.3 Å². The van der Waals surface area contributed by atoms with Gasteiger partial charge in [0.25, 0.3) is 0 Å². The van der Waals surface area contributed by atoms with Crippen LogP contribution in [0.3, 0.4) is 0 Å². The third-order valence-electron chi connectivity index (χ3n) is 5.58. The molecule has 1 aliphatic rings. The first-order chi connectivity index (χ1) is 15.0. The van der Waals surface area contributed by atoms with Gasteiger partial charge in [-0.1, -0.05) is 29.8 Å². The summed E-state index contributed by atoms with van der Waals surface area (Å²) in [5.41, 5.74) is 3.56. The minimum absolute atomic E-state index is 0.228. The second-order valence-electron chi connectivity index (χ2n) is 7.78. The maximum absolute atomic E-state index is 11.0. The first-order valence-corrected chi connectivity index (χ1v) is 10.7. The maximum atomic E-state index is 11.0. The zero-order chi connectivity index (χ0) is 21.8. The minimum atomic E-state index is -0.959. The number of nitrogens with one attached hydrogen (secondary N) is 1. The number of ether oxygens (including phenoxy) is 1. The highest BCUT2D eigenvalue weighted by Gasteiger charge is 2.20. The van der Waals surface area contributed by atoms with Crippen molar-refractivity contribution in [1.82, 2.24) is 5.32 Å². The van der Waals surface area contributed by atoms with Crippen LogP contribution >= 0.6 is 11.6 Å². The Morgan fingerprint density at radius 1 is 1.06 bits per heavy atom. The van der Waals surface area contributed by atoms with E-state index in [-0.39, 0.29) is 11.6 Å². The Morgan fingerprint density at radius 2 is 1.84 bits per heavy atom. The van der Waals surface area contributed by atoms with Gasteiger partial charge in [-0.25, -0.2) is 4.79 Å². The minimum Gasteiger partial charge on any atom is -0.478 e. The topological polar surface area (TPSA) is 78.8 Å². The van der Waals surface area contributed by atoms with Gasteiger partial charge in [0.15, 0.2) is 0 Å². The number of aliphatic hydroxyl groups is 1. The molecule has 160 valence electrons. The average Bonchev–Trinajstić information content (AvgIpc) is 2.77. The van der Waals surface area contributed by atoms with Crippen LogP contribution in [0.15, 0.2) is 66.7 Å². The zero-order valence-corrected chi connectivity index (χ0v) is 17.7. The van der Waals surface area contributed by atoms with E-state index < -0.39 is 12.1 Å². The lowest BCUT2D eigenvalue weighted by Crippen LogP contribution is -2.37. The second-order valence-corrected chi connectivity index (χ2v) is 8.22. The molecular weight excluding hydrogens is 414 g/mol. The predicted octanol–water partition coefficient (Wildman–Crippen LogP) is 5.01. The third kappa shape index (κ3) is 5.44. The Hall–Kier alpha value is -2.86. The standard InChI is InChI=1S/C25H24ClNO4/c26-20-3-1-2-18(12-20)24(28)15-27-21-8-4-16-5-11-23(14-19(16)13-21)31-22-9-6-17(7-10-22)25(29)30/h1-3,5-7,9-12,14,21,24,27-28H,4,8,13,15H2,(H,29,30)/t21-,24+/m0/s1. The summed E-state index contributed by atoms with van der Waals surface area (Å²) < 4.78 is 5.92. The van der Waals surface area contributed by atoms with E-state index in [4.69, 9.17) is 21.4 Å². The predicted molar refractivity (Wildman–Crippen MR) is 120 cm³/mol. The summed E-state index contributed by atoms with van der Waals surface area (Å²) in [4.78, 5) is 11.0. The van der Waals surface area contributed by atoms with Crippen molar-refractivity contribution in [2.75, 3.05) is 6.54 Å². The lowest BCUT2D eigenvalue weighted by atomic mass is 9.88. The normalized spacial score (nSPS) is 16.4. The molecule has 3 N–H and O–H groups in total. The van der Waals surface area contributed by atoms with Crippen LogP contribution in [0, 0.1) is 0 Å². The highest BCUT2D eigenvalue weighted by atomic mass is 35.5. The summed E-state index contributed by atoms with van der Waals surface area (Å²) in [5.74, 6) is 0.362. The van der Waals surface area contributed by atoms with Crippen LogP contribution in [0.2, 0.25) is 5.02 Å². The van der Waals surface area contributed by atoms with E-state index in [1.807, 2.05) is 24.3 Å². The lowest BCUT2D eigenvalue weighted by molar-refractivity contribution is 0.0697. The molecule has 3 aromatic carbocycles. The molecule has 0 aromatic heterocycles. The number of halogens is 1. The molecule has 0 saturated carbocycles. The number of fused-ring (bicyclic) bond motifs is 1. The van der Waals surface area contributed by atoms with Crippen LogP contribution < -0.4 is 10.1 Å². The summed E-state index contributed by atoms with van der Waals surface area (Å²) in [6, 6.07) is 20.0. The number of aliphatic hydroxyl groups excluding tert-OH is 1. The molecule has 6 heteroatoms. The number of aryl methyl sites for hydroxylation is 1. The molecule has 2 atom stereocenters. The number of carboxylic acids is 1. The molecule has 0 radical (unpaired) electrons. The van der Waals surface area contributed by atoms with E-state index in [1.54, 1.807) is 24.3 Å². The molecule has 0 spiro atoms. The highest BCUT2D eigenvalue weighted by Crippen LogP contribution is 2.29. The van der Waals surface area contributed by atoms with Gasteiger partial charge >= 0.3 is 5.97 Å². The number of hydrogen-bond acceptors (Lipinski definition) is 4. The van der Waals surface area contributed by atoms with Crippen LogP contribution in [-0.4, -0.2) is 28.8 Å². The van der Waals surface area contributed by atoms with Crippen LogP contribution in [0.25, 0.3) is 0 Å². The van der Waals surface area contributed by atoms with Crippen molar-refractivity contribution < 1.29 is 19.7 Å². The summed E-state index contributed by atoms with van der Waals surface area (Å²) in [5, 5.41) is 23.6. The molecule has 31 heavy (non-hydrogen) atoms. The monoisotopic (exact) mass is 437 g/mol. The zero-order valence-electron chi connectivity index (χ0n) is 16.9. The Kier molecular flexibility index (Phi) is 6.56. The fourth-order valence-electron chi connectivity index (χ4n) is 3.88.